The van der Waals surface area contributed by atoms with Crippen molar-refractivity contribution in [1.29, 1.82) is 0 Å². The molecule has 82 valence electrons. The Morgan fingerprint density at radius 3 is 2.57 bits per heavy atom. The molecule has 1 aliphatic rings. The minimum atomic E-state index is -0.737. The van der Waals surface area contributed by atoms with Crippen molar-refractivity contribution in [2.24, 2.45) is 5.92 Å². The van der Waals surface area contributed by atoms with Crippen LogP contribution in [-0.4, -0.2) is 16.5 Å². The third-order valence-electron chi connectivity index (χ3n) is 2.99. The Morgan fingerprint density at radius 2 is 2.00 bits per heavy atom. The van der Waals surface area contributed by atoms with E-state index in [2.05, 4.69) is 0 Å². The molecule has 1 saturated carbocycles. The lowest BCUT2D eigenvalue weighted by Crippen LogP contribution is -2.13. The number of hydrogen-bond donors (Lipinski definition) is 1. The molecule has 1 unspecified atom stereocenters. The first-order valence-electron chi connectivity index (χ1n) is 5.54. The van der Waals surface area contributed by atoms with Gasteiger partial charge in [0.25, 0.3) is 0 Å². The Labute approximate surface area is 90.6 Å². The molecule has 0 heterocycles. The topological polar surface area (TPSA) is 37.3 Å². The van der Waals surface area contributed by atoms with Gasteiger partial charge in [-0.2, -0.15) is 0 Å². The van der Waals surface area contributed by atoms with E-state index in [1.54, 1.807) is 0 Å². The lowest BCUT2D eigenvalue weighted by Gasteiger charge is -2.23. The Balaban J connectivity index is 2.11. The molecule has 1 N–H and O–H groups in total. The van der Waals surface area contributed by atoms with Crippen LogP contribution in [0.25, 0.3) is 0 Å². The van der Waals surface area contributed by atoms with E-state index < -0.39 is 5.97 Å². The normalized spacial score (nSPS) is 20.6. The molecule has 0 aromatic carbocycles. The zero-order valence-electron chi connectivity index (χ0n) is 8.54. The van der Waals surface area contributed by atoms with Gasteiger partial charge in [0.1, 0.15) is 0 Å². The molecule has 1 atom stereocenters. The highest BCUT2D eigenvalue weighted by molar-refractivity contribution is 6.20. The Bertz CT molecular complexity index is 176. The van der Waals surface area contributed by atoms with Crippen LogP contribution in [0.15, 0.2) is 0 Å². The molecule has 0 radical (unpaired) electrons. The second-order valence-corrected chi connectivity index (χ2v) is 4.89. The van der Waals surface area contributed by atoms with Crippen molar-refractivity contribution in [3.05, 3.63) is 0 Å². The molecular formula is C11H19ClO2. The number of hydrogen-bond acceptors (Lipinski definition) is 1. The molecule has 14 heavy (non-hydrogen) atoms. The highest BCUT2D eigenvalue weighted by Gasteiger charge is 2.17. The number of halogens is 1. The maximum Gasteiger partial charge on any atom is 0.303 e. The molecule has 0 aromatic rings. The summed E-state index contributed by atoms with van der Waals surface area (Å²) in [6, 6.07) is 0. The third kappa shape index (κ3) is 4.85. The summed E-state index contributed by atoms with van der Waals surface area (Å²) in [5.41, 5.74) is 0. The standard InChI is InChI=1S/C11H19ClO2/c12-10(6-7-11(13)14)8-9-4-2-1-3-5-9/h9-10H,1-8H2,(H,13,14). The smallest absolute Gasteiger partial charge is 0.303 e. The van der Waals surface area contributed by atoms with Gasteiger partial charge in [-0.05, 0) is 18.8 Å². The van der Waals surface area contributed by atoms with E-state index in [4.69, 9.17) is 16.7 Å². The van der Waals surface area contributed by atoms with Crippen LogP contribution in [0.3, 0.4) is 0 Å². The van der Waals surface area contributed by atoms with Gasteiger partial charge in [0.15, 0.2) is 0 Å². The molecule has 2 nitrogen and oxygen atoms in total. The molecule has 0 spiro atoms. The van der Waals surface area contributed by atoms with Gasteiger partial charge in [-0.15, -0.1) is 11.6 Å². The molecule has 3 heteroatoms. The van der Waals surface area contributed by atoms with Gasteiger partial charge in [0, 0.05) is 11.8 Å². The van der Waals surface area contributed by atoms with Gasteiger partial charge < -0.3 is 5.11 Å². The first-order chi connectivity index (χ1) is 6.68. The van der Waals surface area contributed by atoms with E-state index in [1.807, 2.05) is 0 Å². The second-order valence-electron chi connectivity index (χ2n) is 4.27. The van der Waals surface area contributed by atoms with Crippen molar-refractivity contribution in [3.63, 3.8) is 0 Å². The maximum absolute atomic E-state index is 10.3. The molecule has 1 rings (SSSR count). The summed E-state index contributed by atoms with van der Waals surface area (Å²) in [5, 5.41) is 8.57. The predicted octanol–water partition coefficient (Wildman–Crippen LogP) is 3.43. The molecule has 0 amide bonds. The summed E-state index contributed by atoms with van der Waals surface area (Å²) >= 11 is 6.09. The first-order valence-corrected chi connectivity index (χ1v) is 5.98. The van der Waals surface area contributed by atoms with Crippen LogP contribution in [0, 0.1) is 5.92 Å². The average molecular weight is 219 g/mol. The fourth-order valence-electron chi connectivity index (χ4n) is 2.18. The van der Waals surface area contributed by atoms with Crippen molar-refractivity contribution in [2.45, 2.75) is 56.7 Å². The van der Waals surface area contributed by atoms with Crippen molar-refractivity contribution < 1.29 is 9.90 Å². The van der Waals surface area contributed by atoms with E-state index in [-0.39, 0.29) is 11.8 Å². The lowest BCUT2D eigenvalue weighted by atomic mass is 9.85. The largest absolute Gasteiger partial charge is 0.481 e. The molecule has 0 aliphatic heterocycles. The number of carbonyl (C=O) groups is 1. The van der Waals surface area contributed by atoms with Crippen LogP contribution >= 0.6 is 11.6 Å². The third-order valence-corrected chi connectivity index (χ3v) is 3.38. The summed E-state index contributed by atoms with van der Waals surface area (Å²) < 4.78 is 0. The molecule has 1 fully saturated rings. The van der Waals surface area contributed by atoms with Crippen molar-refractivity contribution in [1.82, 2.24) is 0 Å². The SMILES string of the molecule is O=C(O)CCC(Cl)CC1CCCCC1. The highest BCUT2D eigenvalue weighted by atomic mass is 35.5. The summed E-state index contributed by atoms with van der Waals surface area (Å²) in [7, 11) is 0. The summed E-state index contributed by atoms with van der Waals surface area (Å²) in [6.07, 6.45) is 8.43. The van der Waals surface area contributed by atoms with Gasteiger partial charge >= 0.3 is 5.97 Å². The number of carboxylic acid groups (broad SMARTS) is 1. The molecular weight excluding hydrogens is 200 g/mol. The van der Waals surface area contributed by atoms with Crippen LogP contribution < -0.4 is 0 Å². The highest BCUT2D eigenvalue weighted by Crippen LogP contribution is 2.29. The molecule has 0 bridgehead atoms. The zero-order valence-corrected chi connectivity index (χ0v) is 9.30. The van der Waals surface area contributed by atoms with E-state index in [0.717, 1.165) is 12.3 Å². The lowest BCUT2D eigenvalue weighted by molar-refractivity contribution is -0.137. The maximum atomic E-state index is 10.3. The minimum absolute atomic E-state index is 0.0641. The van der Waals surface area contributed by atoms with Crippen LogP contribution in [-0.2, 0) is 4.79 Å². The predicted molar refractivity (Wildman–Crippen MR) is 57.7 cm³/mol. The van der Waals surface area contributed by atoms with E-state index >= 15 is 0 Å². The first kappa shape index (κ1) is 11.8. The van der Waals surface area contributed by atoms with Crippen LogP contribution in [0.4, 0.5) is 0 Å². The average Bonchev–Trinajstić information content (AvgIpc) is 2.16. The van der Waals surface area contributed by atoms with Crippen molar-refractivity contribution in [2.75, 3.05) is 0 Å². The molecule has 1 aliphatic carbocycles. The monoisotopic (exact) mass is 218 g/mol. The molecule has 0 aromatic heterocycles. The van der Waals surface area contributed by atoms with E-state index in [1.165, 1.54) is 32.1 Å². The zero-order chi connectivity index (χ0) is 10.4. The Morgan fingerprint density at radius 1 is 1.36 bits per heavy atom. The van der Waals surface area contributed by atoms with Crippen LogP contribution in [0.1, 0.15) is 51.4 Å². The fourth-order valence-corrected chi connectivity index (χ4v) is 2.54. The van der Waals surface area contributed by atoms with Crippen molar-refractivity contribution >= 4 is 17.6 Å². The van der Waals surface area contributed by atoms with Crippen molar-refractivity contribution in [3.8, 4) is 0 Å². The number of rotatable bonds is 5. The van der Waals surface area contributed by atoms with E-state index in [0.29, 0.717) is 6.42 Å². The summed E-state index contributed by atoms with van der Waals surface area (Å²) in [6.45, 7) is 0. The quantitative estimate of drug-likeness (QED) is 0.718. The van der Waals surface area contributed by atoms with E-state index in [9.17, 15) is 4.79 Å². The van der Waals surface area contributed by atoms with Gasteiger partial charge in [-0.25, -0.2) is 0 Å². The summed E-state index contributed by atoms with van der Waals surface area (Å²) in [4.78, 5) is 10.3. The summed E-state index contributed by atoms with van der Waals surface area (Å²) in [5.74, 6) is 0.0133. The minimum Gasteiger partial charge on any atom is -0.481 e. The second kappa shape index (κ2) is 6.28. The van der Waals surface area contributed by atoms with Gasteiger partial charge in [-0.1, -0.05) is 32.1 Å². The number of carboxylic acids is 1. The van der Waals surface area contributed by atoms with Crippen LogP contribution in [0.2, 0.25) is 0 Å². The van der Waals surface area contributed by atoms with Crippen LogP contribution in [0.5, 0.6) is 0 Å². The number of alkyl halides is 1. The molecule has 0 saturated heterocycles. The fraction of sp³-hybridized carbons (Fsp3) is 0.909. The Hall–Kier alpha value is -0.240. The van der Waals surface area contributed by atoms with Gasteiger partial charge in [0.05, 0.1) is 0 Å². The Kier molecular flexibility index (Phi) is 5.31. The van der Waals surface area contributed by atoms with Gasteiger partial charge in [-0.3, -0.25) is 4.79 Å². The van der Waals surface area contributed by atoms with Gasteiger partial charge in [0.2, 0.25) is 0 Å². The number of aliphatic carboxylic acids is 1.